The smallest absolute Gasteiger partial charge is 0.407 e. The molecule has 0 aromatic heterocycles. The minimum Gasteiger partial charge on any atom is -0.449 e. The summed E-state index contributed by atoms with van der Waals surface area (Å²) in [6.45, 7) is 0.391. The molecule has 0 heterocycles. The molecule has 1 aliphatic carbocycles. The van der Waals surface area contributed by atoms with Crippen LogP contribution in [0, 0.1) is 0 Å². The van der Waals surface area contributed by atoms with Crippen molar-refractivity contribution in [3.8, 4) is 0 Å². The topological polar surface area (TPSA) is 38.3 Å². The van der Waals surface area contributed by atoms with Gasteiger partial charge in [0.25, 0.3) is 0 Å². The number of carbonyl (C=O) groups excluding carboxylic acids is 1. The minimum atomic E-state index is -0.291. The van der Waals surface area contributed by atoms with Gasteiger partial charge in [-0.25, -0.2) is 4.79 Å². The maximum absolute atomic E-state index is 11.1. The van der Waals surface area contributed by atoms with E-state index in [2.05, 4.69) is 17.9 Å². The Kier molecular flexibility index (Phi) is 5.05. The van der Waals surface area contributed by atoms with Crippen LogP contribution < -0.4 is 5.32 Å². The first-order valence-corrected chi connectivity index (χ1v) is 5.50. The molecule has 0 saturated heterocycles. The third kappa shape index (κ3) is 4.41. The first kappa shape index (κ1) is 10.7. The van der Waals surface area contributed by atoms with Crippen LogP contribution in [0.1, 0.15) is 32.1 Å². The second kappa shape index (κ2) is 6.13. The van der Waals surface area contributed by atoms with Crippen LogP contribution in [0.3, 0.4) is 0 Å². The lowest BCUT2D eigenvalue weighted by Crippen LogP contribution is -2.36. The Balaban J connectivity index is 2.11. The number of alkyl carbamates (subject to hydrolysis) is 1. The predicted molar refractivity (Wildman–Crippen MR) is 55.2 cm³/mol. The van der Waals surface area contributed by atoms with Gasteiger partial charge >= 0.3 is 6.09 Å². The average Bonchev–Trinajstić information content (AvgIpc) is 2.16. The van der Waals surface area contributed by atoms with Crippen LogP contribution in [0.15, 0.2) is 0 Å². The molecule has 1 aliphatic rings. The van der Waals surface area contributed by atoms with Gasteiger partial charge in [-0.1, -0.05) is 19.3 Å². The summed E-state index contributed by atoms with van der Waals surface area (Å²) in [7, 11) is 0. The van der Waals surface area contributed by atoms with E-state index < -0.39 is 0 Å². The SMILES string of the molecule is O=C(NC1CCCCC1)OCCS. The van der Waals surface area contributed by atoms with Gasteiger partial charge < -0.3 is 10.1 Å². The van der Waals surface area contributed by atoms with E-state index in [9.17, 15) is 4.79 Å². The zero-order valence-corrected chi connectivity index (χ0v) is 8.69. The summed E-state index contributed by atoms with van der Waals surface area (Å²) < 4.78 is 4.87. The van der Waals surface area contributed by atoms with E-state index in [1.54, 1.807) is 0 Å². The van der Waals surface area contributed by atoms with Crippen molar-refractivity contribution in [1.82, 2.24) is 5.32 Å². The second-order valence-electron chi connectivity index (χ2n) is 3.34. The van der Waals surface area contributed by atoms with Crippen molar-refractivity contribution >= 4 is 18.7 Å². The molecule has 0 radical (unpaired) electrons. The number of amides is 1. The Morgan fingerprint density at radius 3 is 2.69 bits per heavy atom. The van der Waals surface area contributed by atoms with Crippen LogP contribution in [0.2, 0.25) is 0 Å². The number of nitrogens with one attached hydrogen (secondary N) is 1. The van der Waals surface area contributed by atoms with E-state index in [1.807, 2.05) is 0 Å². The van der Waals surface area contributed by atoms with E-state index in [0.717, 1.165) is 12.8 Å². The molecular weight excluding hydrogens is 186 g/mol. The molecule has 1 N–H and O–H groups in total. The fourth-order valence-electron chi connectivity index (χ4n) is 1.59. The third-order valence-electron chi connectivity index (χ3n) is 2.25. The van der Waals surface area contributed by atoms with Crippen molar-refractivity contribution in [3.63, 3.8) is 0 Å². The molecule has 0 bridgehead atoms. The summed E-state index contributed by atoms with van der Waals surface area (Å²) in [6.07, 6.45) is 5.63. The predicted octanol–water partition coefficient (Wildman–Crippen LogP) is 1.98. The number of hydrogen-bond acceptors (Lipinski definition) is 3. The molecule has 76 valence electrons. The van der Waals surface area contributed by atoms with Crippen molar-refractivity contribution in [2.24, 2.45) is 0 Å². The van der Waals surface area contributed by atoms with Crippen molar-refractivity contribution in [2.75, 3.05) is 12.4 Å². The van der Waals surface area contributed by atoms with E-state index in [-0.39, 0.29) is 6.09 Å². The van der Waals surface area contributed by atoms with Gasteiger partial charge in [-0.15, -0.1) is 0 Å². The molecule has 13 heavy (non-hydrogen) atoms. The van der Waals surface area contributed by atoms with Gasteiger partial charge in [-0.3, -0.25) is 0 Å². The molecule has 0 aliphatic heterocycles. The van der Waals surface area contributed by atoms with Crippen LogP contribution in [0.25, 0.3) is 0 Å². The van der Waals surface area contributed by atoms with Crippen LogP contribution in [-0.2, 0) is 4.74 Å². The molecular formula is C9H17NO2S. The highest BCUT2D eigenvalue weighted by Crippen LogP contribution is 2.17. The fraction of sp³-hybridized carbons (Fsp3) is 0.889. The third-order valence-corrected chi connectivity index (χ3v) is 2.43. The zero-order valence-electron chi connectivity index (χ0n) is 7.79. The van der Waals surface area contributed by atoms with Crippen LogP contribution in [0.5, 0.6) is 0 Å². The lowest BCUT2D eigenvalue weighted by Gasteiger charge is -2.22. The van der Waals surface area contributed by atoms with Gasteiger partial charge in [0.15, 0.2) is 0 Å². The Labute approximate surface area is 84.6 Å². The summed E-state index contributed by atoms with van der Waals surface area (Å²) in [5.41, 5.74) is 0. The Bertz CT molecular complexity index is 158. The molecule has 3 nitrogen and oxygen atoms in total. The van der Waals surface area contributed by atoms with Crippen LogP contribution in [0.4, 0.5) is 4.79 Å². The van der Waals surface area contributed by atoms with Crippen LogP contribution >= 0.6 is 12.6 Å². The summed E-state index contributed by atoms with van der Waals surface area (Å²) >= 11 is 3.96. The van der Waals surface area contributed by atoms with Crippen molar-refractivity contribution in [3.05, 3.63) is 0 Å². The lowest BCUT2D eigenvalue weighted by molar-refractivity contribution is 0.146. The lowest BCUT2D eigenvalue weighted by atomic mass is 9.96. The molecule has 1 fully saturated rings. The quantitative estimate of drug-likeness (QED) is 0.688. The average molecular weight is 203 g/mol. The van der Waals surface area contributed by atoms with E-state index in [4.69, 9.17) is 4.74 Å². The van der Waals surface area contributed by atoms with E-state index in [1.165, 1.54) is 19.3 Å². The van der Waals surface area contributed by atoms with Gasteiger partial charge in [0.05, 0.1) is 0 Å². The van der Waals surface area contributed by atoms with Crippen molar-refractivity contribution in [2.45, 2.75) is 38.1 Å². The van der Waals surface area contributed by atoms with Gasteiger partial charge in [0.2, 0.25) is 0 Å². The number of thiol groups is 1. The van der Waals surface area contributed by atoms with Crippen LogP contribution in [-0.4, -0.2) is 24.5 Å². The summed E-state index contributed by atoms with van der Waals surface area (Å²) in [5.74, 6) is 0.581. The largest absolute Gasteiger partial charge is 0.449 e. The minimum absolute atomic E-state index is 0.291. The maximum atomic E-state index is 11.1. The molecule has 0 aromatic carbocycles. The zero-order chi connectivity index (χ0) is 9.52. The Morgan fingerprint density at radius 1 is 1.38 bits per heavy atom. The molecule has 0 atom stereocenters. The first-order chi connectivity index (χ1) is 6.33. The molecule has 1 saturated carbocycles. The number of ether oxygens (including phenoxy) is 1. The fourth-order valence-corrected chi connectivity index (χ4v) is 1.68. The highest BCUT2D eigenvalue weighted by Gasteiger charge is 2.15. The van der Waals surface area contributed by atoms with Gasteiger partial charge in [-0.05, 0) is 12.8 Å². The summed E-state index contributed by atoms with van der Waals surface area (Å²) in [6, 6.07) is 0.334. The van der Waals surface area contributed by atoms with Gasteiger partial charge in [0, 0.05) is 11.8 Å². The van der Waals surface area contributed by atoms with Gasteiger partial charge in [0.1, 0.15) is 6.61 Å². The number of carbonyl (C=O) groups is 1. The summed E-state index contributed by atoms with van der Waals surface area (Å²) in [5, 5.41) is 2.86. The molecule has 4 heteroatoms. The first-order valence-electron chi connectivity index (χ1n) is 4.87. The van der Waals surface area contributed by atoms with Gasteiger partial charge in [-0.2, -0.15) is 12.6 Å². The summed E-state index contributed by atoms with van der Waals surface area (Å²) in [4.78, 5) is 11.1. The molecule has 1 rings (SSSR count). The molecule has 1 amide bonds. The molecule has 0 unspecified atom stereocenters. The highest BCUT2D eigenvalue weighted by molar-refractivity contribution is 7.80. The van der Waals surface area contributed by atoms with E-state index >= 15 is 0 Å². The normalized spacial score (nSPS) is 18.2. The number of hydrogen-bond donors (Lipinski definition) is 2. The highest BCUT2D eigenvalue weighted by atomic mass is 32.1. The van der Waals surface area contributed by atoms with Crippen molar-refractivity contribution < 1.29 is 9.53 Å². The standard InChI is InChI=1S/C9H17NO2S/c11-9(12-6-7-13)10-8-4-2-1-3-5-8/h8,13H,1-7H2,(H,10,11). The van der Waals surface area contributed by atoms with E-state index in [0.29, 0.717) is 18.4 Å². The molecule has 0 aromatic rings. The van der Waals surface area contributed by atoms with Crippen molar-refractivity contribution in [1.29, 1.82) is 0 Å². The monoisotopic (exact) mass is 203 g/mol. The Hall–Kier alpha value is -0.380. The number of rotatable bonds is 3. The Morgan fingerprint density at radius 2 is 2.08 bits per heavy atom. The second-order valence-corrected chi connectivity index (χ2v) is 3.79. The molecule has 0 spiro atoms. The maximum Gasteiger partial charge on any atom is 0.407 e.